The van der Waals surface area contributed by atoms with Crippen LogP contribution in [0.3, 0.4) is 0 Å². The molecule has 2 rings (SSSR count). The van der Waals surface area contributed by atoms with Gasteiger partial charge in [-0.3, -0.25) is 9.59 Å². The van der Waals surface area contributed by atoms with Crippen molar-refractivity contribution in [1.29, 1.82) is 0 Å². The molecule has 0 saturated carbocycles. The number of amides is 1. The maximum absolute atomic E-state index is 11.8. The van der Waals surface area contributed by atoms with Crippen molar-refractivity contribution in [2.45, 2.75) is 38.3 Å². The molecular formula is C14H17NO3. The van der Waals surface area contributed by atoms with Crippen LogP contribution >= 0.6 is 0 Å². The highest BCUT2D eigenvalue weighted by Crippen LogP contribution is 2.24. The number of carbonyl (C=O) groups is 2. The third-order valence-corrected chi connectivity index (χ3v) is 3.34. The monoisotopic (exact) mass is 247 g/mol. The highest BCUT2D eigenvalue weighted by atomic mass is 16.4. The Morgan fingerprint density at radius 2 is 2.06 bits per heavy atom. The summed E-state index contributed by atoms with van der Waals surface area (Å²) in [5, 5.41) is 8.71. The number of carboxylic acids is 1. The van der Waals surface area contributed by atoms with E-state index in [1.54, 1.807) is 0 Å². The predicted octanol–water partition coefficient (Wildman–Crippen LogP) is 2.04. The summed E-state index contributed by atoms with van der Waals surface area (Å²) in [7, 11) is 0. The van der Waals surface area contributed by atoms with E-state index in [0.717, 1.165) is 12.0 Å². The third kappa shape index (κ3) is 3.09. The second-order valence-corrected chi connectivity index (χ2v) is 4.63. The fourth-order valence-electron chi connectivity index (χ4n) is 2.38. The molecule has 0 bridgehead atoms. The molecular weight excluding hydrogens is 230 g/mol. The van der Waals surface area contributed by atoms with E-state index in [0.29, 0.717) is 19.4 Å². The summed E-state index contributed by atoms with van der Waals surface area (Å²) in [5.74, 6) is -0.664. The molecule has 1 aromatic carbocycles. The SMILES string of the molecule is O=C(O)CCC1CCC(=O)N1Cc1ccccc1. The fourth-order valence-corrected chi connectivity index (χ4v) is 2.38. The predicted molar refractivity (Wildman–Crippen MR) is 66.9 cm³/mol. The number of hydrogen-bond acceptors (Lipinski definition) is 2. The smallest absolute Gasteiger partial charge is 0.303 e. The summed E-state index contributed by atoms with van der Waals surface area (Å²) in [6.45, 7) is 0.587. The summed E-state index contributed by atoms with van der Waals surface area (Å²) in [6, 6.07) is 9.88. The number of hydrogen-bond donors (Lipinski definition) is 1. The van der Waals surface area contributed by atoms with Crippen LogP contribution in [0.5, 0.6) is 0 Å². The van der Waals surface area contributed by atoms with Gasteiger partial charge in [-0.15, -0.1) is 0 Å². The topological polar surface area (TPSA) is 57.6 Å². The first-order chi connectivity index (χ1) is 8.66. The molecule has 1 saturated heterocycles. The number of carboxylic acid groups (broad SMARTS) is 1. The molecule has 0 aromatic heterocycles. The van der Waals surface area contributed by atoms with Crippen molar-refractivity contribution in [3.8, 4) is 0 Å². The molecule has 1 N–H and O–H groups in total. The second kappa shape index (κ2) is 5.67. The number of rotatable bonds is 5. The molecule has 1 amide bonds. The van der Waals surface area contributed by atoms with Crippen LogP contribution in [0.2, 0.25) is 0 Å². The van der Waals surface area contributed by atoms with E-state index in [1.165, 1.54) is 0 Å². The second-order valence-electron chi connectivity index (χ2n) is 4.63. The van der Waals surface area contributed by atoms with Crippen molar-refractivity contribution >= 4 is 11.9 Å². The number of benzene rings is 1. The number of likely N-dealkylation sites (tertiary alicyclic amines) is 1. The molecule has 96 valence electrons. The Bertz CT molecular complexity index is 430. The summed E-state index contributed by atoms with van der Waals surface area (Å²) < 4.78 is 0. The normalized spacial score (nSPS) is 19.2. The van der Waals surface area contributed by atoms with Crippen molar-refractivity contribution in [2.75, 3.05) is 0 Å². The maximum Gasteiger partial charge on any atom is 0.303 e. The largest absolute Gasteiger partial charge is 0.481 e. The molecule has 1 aliphatic rings. The van der Waals surface area contributed by atoms with Gasteiger partial charge in [0.1, 0.15) is 0 Å². The molecule has 4 nitrogen and oxygen atoms in total. The van der Waals surface area contributed by atoms with Crippen LogP contribution in [0.15, 0.2) is 30.3 Å². The molecule has 1 atom stereocenters. The van der Waals surface area contributed by atoms with E-state index >= 15 is 0 Å². The van der Waals surface area contributed by atoms with Crippen molar-refractivity contribution in [1.82, 2.24) is 4.90 Å². The molecule has 4 heteroatoms. The van der Waals surface area contributed by atoms with Gasteiger partial charge in [-0.05, 0) is 18.4 Å². The zero-order valence-electron chi connectivity index (χ0n) is 10.2. The summed E-state index contributed by atoms with van der Waals surface area (Å²) in [4.78, 5) is 24.2. The van der Waals surface area contributed by atoms with Gasteiger partial charge < -0.3 is 10.0 Å². The van der Waals surface area contributed by atoms with Crippen LogP contribution in [-0.2, 0) is 16.1 Å². The summed E-state index contributed by atoms with van der Waals surface area (Å²) in [5.41, 5.74) is 1.09. The van der Waals surface area contributed by atoms with Crippen LogP contribution < -0.4 is 0 Å². The third-order valence-electron chi connectivity index (χ3n) is 3.34. The Balaban J connectivity index is 1.99. The average molecular weight is 247 g/mol. The molecule has 0 aliphatic carbocycles. The Hall–Kier alpha value is -1.84. The Labute approximate surface area is 106 Å². The first-order valence-electron chi connectivity index (χ1n) is 6.22. The van der Waals surface area contributed by atoms with E-state index in [9.17, 15) is 9.59 Å². The number of nitrogens with zero attached hydrogens (tertiary/aromatic N) is 1. The Kier molecular flexibility index (Phi) is 3.97. The van der Waals surface area contributed by atoms with E-state index in [4.69, 9.17) is 5.11 Å². The average Bonchev–Trinajstić information content (AvgIpc) is 2.70. The minimum Gasteiger partial charge on any atom is -0.481 e. The molecule has 0 spiro atoms. The lowest BCUT2D eigenvalue weighted by molar-refractivity contribution is -0.138. The fraction of sp³-hybridized carbons (Fsp3) is 0.429. The minimum atomic E-state index is -0.797. The lowest BCUT2D eigenvalue weighted by Crippen LogP contribution is -2.32. The first-order valence-corrected chi connectivity index (χ1v) is 6.22. The minimum absolute atomic E-state index is 0.0776. The van der Waals surface area contributed by atoms with E-state index in [2.05, 4.69) is 0 Å². The van der Waals surface area contributed by atoms with Gasteiger partial charge in [0.05, 0.1) is 0 Å². The quantitative estimate of drug-likeness (QED) is 0.866. The molecule has 1 aromatic rings. The lowest BCUT2D eigenvalue weighted by atomic mass is 10.1. The van der Waals surface area contributed by atoms with Crippen molar-refractivity contribution < 1.29 is 14.7 Å². The zero-order chi connectivity index (χ0) is 13.0. The molecule has 1 fully saturated rings. The highest BCUT2D eigenvalue weighted by Gasteiger charge is 2.30. The molecule has 1 heterocycles. The number of aliphatic carboxylic acids is 1. The first kappa shape index (κ1) is 12.6. The lowest BCUT2D eigenvalue weighted by Gasteiger charge is -2.24. The Morgan fingerprint density at radius 3 is 2.72 bits per heavy atom. The standard InChI is InChI=1S/C14H17NO3/c16-13-8-6-12(7-9-14(17)18)15(13)10-11-4-2-1-3-5-11/h1-5,12H,6-10H2,(H,17,18). The van der Waals surface area contributed by atoms with Gasteiger partial charge in [-0.1, -0.05) is 30.3 Å². The number of carbonyl (C=O) groups excluding carboxylic acids is 1. The zero-order valence-corrected chi connectivity index (χ0v) is 10.2. The summed E-state index contributed by atoms with van der Waals surface area (Å²) in [6.07, 6.45) is 1.99. The molecule has 1 aliphatic heterocycles. The van der Waals surface area contributed by atoms with Gasteiger partial charge >= 0.3 is 5.97 Å². The van der Waals surface area contributed by atoms with Gasteiger partial charge in [0.2, 0.25) is 5.91 Å². The van der Waals surface area contributed by atoms with Crippen molar-refractivity contribution in [2.24, 2.45) is 0 Å². The van der Waals surface area contributed by atoms with Crippen LogP contribution in [0.25, 0.3) is 0 Å². The van der Waals surface area contributed by atoms with E-state index < -0.39 is 5.97 Å². The van der Waals surface area contributed by atoms with Crippen LogP contribution in [0.4, 0.5) is 0 Å². The van der Waals surface area contributed by atoms with Gasteiger partial charge in [0.25, 0.3) is 0 Å². The summed E-state index contributed by atoms with van der Waals surface area (Å²) >= 11 is 0. The van der Waals surface area contributed by atoms with Crippen LogP contribution in [0, 0.1) is 0 Å². The molecule has 18 heavy (non-hydrogen) atoms. The van der Waals surface area contributed by atoms with Crippen molar-refractivity contribution in [3.63, 3.8) is 0 Å². The van der Waals surface area contributed by atoms with Gasteiger partial charge in [0, 0.05) is 25.4 Å². The van der Waals surface area contributed by atoms with Gasteiger partial charge in [-0.25, -0.2) is 0 Å². The van der Waals surface area contributed by atoms with Crippen molar-refractivity contribution in [3.05, 3.63) is 35.9 Å². The Morgan fingerprint density at radius 1 is 1.33 bits per heavy atom. The molecule has 1 unspecified atom stereocenters. The van der Waals surface area contributed by atoms with Crippen LogP contribution in [-0.4, -0.2) is 27.9 Å². The van der Waals surface area contributed by atoms with Gasteiger partial charge in [-0.2, -0.15) is 0 Å². The maximum atomic E-state index is 11.8. The molecule has 0 radical (unpaired) electrons. The van der Waals surface area contributed by atoms with E-state index in [-0.39, 0.29) is 18.4 Å². The van der Waals surface area contributed by atoms with E-state index in [1.807, 2.05) is 35.2 Å². The highest BCUT2D eigenvalue weighted by molar-refractivity contribution is 5.79. The van der Waals surface area contributed by atoms with Crippen LogP contribution in [0.1, 0.15) is 31.2 Å². The van der Waals surface area contributed by atoms with Gasteiger partial charge in [0.15, 0.2) is 0 Å².